The molecular formula is C26H25N3O9S. The maximum Gasteiger partial charge on any atom is 0.338 e. The van der Waals surface area contributed by atoms with Crippen molar-refractivity contribution in [3.05, 3.63) is 82.5 Å². The van der Waals surface area contributed by atoms with Crippen LogP contribution >= 0.6 is 11.3 Å². The van der Waals surface area contributed by atoms with Crippen LogP contribution in [0.2, 0.25) is 0 Å². The van der Waals surface area contributed by atoms with E-state index in [1.807, 2.05) is 0 Å². The highest BCUT2D eigenvalue weighted by Crippen LogP contribution is 2.42. The summed E-state index contributed by atoms with van der Waals surface area (Å²) in [6, 6.07) is 6.30. The number of nitrogens with zero attached hydrogens (tertiary/aromatic N) is 3. The van der Waals surface area contributed by atoms with E-state index < -0.39 is 33.9 Å². The number of phenolic OH excluding ortho intramolecular Hbond substituents is 1. The minimum Gasteiger partial charge on any atom is -0.502 e. The van der Waals surface area contributed by atoms with Crippen LogP contribution in [0.1, 0.15) is 31.0 Å². The number of nitro benzene ring substituents is 1. The summed E-state index contributed by atoms with van der Waals surface area (Å²) in [5.41, 5.74) is 0.0132. The Morgan fingerprint density at radius 2 is 1.87 bits per heavy atom. The van der Waals surface area contributed by atoms with E-state index in [1.54, 1.807) is 26.0 Å². The smallest absolute Gasteiger partial charge is 0.338 e. The minimum absolute atomic E-state index is 0.0835. The number of thiazole rings is 1. The molecule has 0 saturated heterocycles. The number of phenols is 1. The van der Waals surface area contributed by atoms with Crippen molar-refractivity contribution in [3.8, 4) is 23.0 Å². The van der Waals surface area contributed by atoms with E-state index in [0.29, 0.717) is 28.5 Å². The Balaban J connectivity index is 2.03. The number of benzene rings is 2. The first-order valence-corrected chi connectivity index (χ1v) is 12.4. The van der Waals surface area contributed by atoms with E-state index in [0.717, 1.165) is 17.4 Å². The summed E-state index contributed by atoms with van der Waals surface area (Å²) in [7, 11) is 4.36. The van der Waals surface area contributed by atoms with Gasteiger partial charge in [0.25, 0.3) is 5.56 Å². The molecule has 1 aliphatic rings. The van der Waals surface area contributed by atoms with Crippen molar-refractivity contribution in [1.82, 2.24) is 4.57 Å². The molecule has 1 atom stereocenters. The van der Waals surface area contributed by atoms with Crippen molar-refractivity contribution in [2.24, 2.45) is 4.99 Å². The van der Waals surface area contributed by atoms with Crippen LogP contribution in [0.5, 0.6) is 23.0 Å². The molecule has 0 bridgehead atoms. The molecule has 0 spiro atoms. The van der Waals surface area contributed by atoms with Gasteiger partial charge in [0.2, 0.25) is 11.5 Å². The molecule has 0 fully saturated rings. The van der Waals surface area contributed by atoms with Gasteiger partial charge in [-0.05, 0) is 37.6 Å². The lowest BCUT2D eigenvalue weighted by Gasteiger charge is -2.26. The summed E-state index contributed by atoms with van der Waals surface area (Å²) in [6.45, 7) is 3.41. The van der Waals surface area contributed by atoms with Crippen molar-refractivity contribution < 1.29 is 33.8 Å². The van der Waals surface area contributed by atoms with Gasteiger partial charge in [0.15, 0.2) is 16.3 Å². The van der Waals surface area contributed by atoms with Gasteiger partial charge in [0.1, 0.15) is 0 Å². The predicted molar refractivity (Wildman–Crippen MR) is 141 cm³/mol. The number of carbonyl (C=O) groups excluding carboxylic acids is 1. The average molecular weight is 556 g/mol. The monoisotopic (exact) mass is 555 g/mol. The Kier molecular flexibility index (Phi) is 7.72. The van der Waals surface area contributed by atoms with Crippen LogP contribution in [0.4, 0.5) is 5.69 Å². The number of aromatic hydroxyl groups is 1. The van der Waals surface area contributed by atoms with E-state index in [4.69, 9.17) is 18.9 Å². The third-order valence-electron chi connectivity index (χ3n) is 6.05. The molecule has 39 heavy (non-hydrogen) atoms. The number of fused-ring (bicyclic) bond motifs is 1. The van der Waals surface area contributed by atoms with Crippen LogP contribution < -0.4 is 29.1 Å². The van der Waals surface area contributed by atoms with Gasteiger partial charge in [0.05, 0.1) is 54.7 Å². The molecule has 1 N–H and O–H groups in total. The number of nitro groups is 1. The van der Waals surface area contributed by atoms with Gasteiger partial charge >= 0.3 is 11.7 Å². The quantitative estimate of drug-likeness (QED) is 0.251. The molecule has 0 saturated carbocycles. The fourth-order valence-corrected chi connectivity index (χ4v) is 5.36. The number of carbonyl (C=O) groups is 1. The van der Waals surface area contributed by atoms with Crippen molar-refractivity contribution in [2.45, 2.75) is 19.9 Å². The summed E-state index contributed by atoms with van der Waals surface area (Å²) in [4.78, 5) is 42.3. The molecule has 0 amide bonds. The zero-order valence-electron chi connectivity index (χ0n) is 21.7. The Bertz CT molecular complexity index is 1660. The molecular weight excluding hydrogens is 530 g/mol. The summed E-state index contributed by atoms with van der Waals surface area (Å²) < 4.78 is 23.2. The molecule has 1 aliphatic heterocycles. The van der Waals surface area contributed by atoms with Gasteiger partial charge in [-0.3, -0.25) is 19.5 Å². The lowest BCUT2D eigenvalue weighted by atomic mass is 9.95. The second-order valence-electron chi connectivity index (χ2n) is 8.23. The zero-order valence-corrected chi connectivity index (χ0v) is 22.5. The number of hydrogen-bond acceptors (Lipinski definition) is 11. The molecule has 12 nitrogen and oxygen atoms in total. The number of methoxy groups -OCH3 is 3. The highest BCUT2D eigenvalue weighted by Gasteiger charge is 2.34. The van der Waals surface area contributed by atoms with Crippen molar-refractivity contribution >= 4 is 29.1 Å². The molecule has 2 heterocycles. The molecule has 13 heteroatoms. The number of allylic oxidation sites excluding steroid dienone is 1. The number of aromatic nitrogens is 1. The SMILES string of the molecule is CCOC(=O)C1=C(C)N=c2s/c(=C/c3cccc([N+](=O)[O-])c3O)c(=O)n2[C@@H]1c1cc(OC)c(OC)c(OC)c1. The van der Waals surface area contributed by atoms with Crippen LogP contribution in [-0.2, 0) is 9.53 Å². The summed E-state index contributed by atoms with van der Waals surface area (Å²) >= 11 is 1.01. The number of esters is 1. The van der Waals surface area contributed by atoms with Gasteiger partial charge in [-0.15, -0.1) is 0 Å². The van der Waals surface area contributed by atoms with Gasteiger partial charge in [-0.25, -0.2) is 9.79 Å². The summed E-state index contributed by atoms with van der Waals surface area (Å²) in [5.74, 6) is -0.265. The predicted octanol–water partition coefficient (Wildman–Crippen LogP) is 2.44. The van der Waals surface area contributed by atoms with Crippen LogP contribution in [0.25, 0.3) is 6.08 Å². The fraction of sp³-hybridized carbons (Fsp3) is 0.269. The van der Waals surface area contributed by atoms with Gasteiger partial charge in [0, 0.05) is 11.6 Å². The van der Waals surface area contributed by atoms with Gasteiger partial charge < -0.3 is 24.1 Å². The Morgan fingerprint density at radius 1 is 1.21 bits per heavy atom. The van der Waals surface area contributed by atoms with E-state index in [1.165, 1.54) is 44.1 Å². The van der Waals surface area contributed by atoms with Gasteiger partial charge in [-0.1, -0.05) is 23.5 Å². The maximum atomic E-state index is 13.8. The maximum absolute atomic E-state index is 13.8. The number of ether oxygens (including phenoxy) is 4. The topological polar surface area (TPSA) is 152 Å². The van der Waals surface area contributed by atoms with Crippen molar-refractivity contribution in [1.29, 1.82) is 0 Å². The highest BCUT2D eigenvalue weighted by atomic mass is 32.1. The fourth-order valence-electron chi connectivity index (χ4n) is 4.32. The molecule has 0 radical (unpaired) electrons. The first-order chi connectivity index (χ1) is 18.7. The van der Waals surface area contributed by atoms with E-state index >= 15 is 0 Å². The van der Waals surface area contributed by atoms with Crippen molar-refractivity contribution in [3.63, 3.8) is 0 Å². The largest absolute Gasteiger partial charge is 0.502 e. The molecule has 3 aromatic rings. The normalized spacial score (nSPS) is 14.9. The standard InChI is InChI=1S/C26H25N3O9S/c1-6-38-25(32)20-13(2)27-26-28(21(20)15-10-17(35-3)23(37-5)18(11-15)36-4)24(31)19(39-26)12-14-8-7-9-16(22(14)30)29(33)34/h7-12,21,30H,6H2,1-5H3/b19-12+/t21-/m1/s1. The number of rotatable bonds is 8. The van der Waals surface area contributed by atoms with E-state index in [9.17, 15) is 24.8 Å². The van der Waals surface area contributed by atoms with Crippen LogP contribution in [0.15, 0.2) is 51.4 Å². The highest BCUT2D eigenvalue weighted by molar-refractivity contribution is 7.07. The first kappa shape index (κ1) is 27.4. The molecule has 4 rings (SSSR count). The summed E-state index contributed by atoms with van der Waals surface area (Å²) in [6.07, 6.45) is 1.35. The second kappa shape index (κ2) is 11.0. The molecule has 2 aromatic carbocycles. The average Bonchev–Trinajstić information content (AvgIpc) is 3.21. The van der Waals surface area contributed by atoms with Gasteiger partial charge in [-0.2, -0.15) is 0 Å². The zero-order chi connectivity index (χ0) is 28.4. The Hall–Kier alpha value is -4.65. The van der Waals surface area contributed by atoms with E-state index in [-0.39, 0.29) is 27.1 Å². The number of para-hydroxylation sites is 1. The molecule has 0 aliphatic carbocycles. The molecule has 1 aromatic heterocycles. The third kappa shape index (κ3) is 4.83. The Labute approximate surface area is 225 Å². The third-order valence-corrected chi connectivity index (χ3v) is 7.03. The van der Waals surface area contributed by atoms with Crippen LogP contribution in [-0.4, -0.2) is 48.5 Å². The second-order valence-corrected chi connectivity index (χ2v) is 9.24. The van der Waals surface area contributed by atoms with Crippen LogP contribution in [0.3, 0.4) is 0 Å². The van der Waals surface area contributed by atoms with E-state index in [2.05, 4.69) is 4.99 Å². The molecule has 0 unspecified atom stereocenters. The Morgan fingerprint density at radius 3 is 2.44 bits per heavy atom. The van der Waals surface area contributed by atoms with Crippen LogP contribution in [0, 0.1) is 10.1 Å². The minimum atomic E-state index is -0.977. The number of hydrogen-bond donors (Lipinski definition) is 1. The lowest BCUT2D eigenvalue weighted by molar-refractivity contribution is -0.385. The summed E-state index contributed by atoms with van der Waals surface area (Å²) in [5, 5.41) is 21.7. The first-order valence-electron chi connectivity index (χ1n) is 11.6. The van der Waals surface area contributed by atoms with Crippen molar-refractivity contribution in [2.75, 3.05) is 27.9 Å². The lowest BCUT2D eigenvalue weighted by Crippen LogP contribution is -2.40. The molecule has 204 valence electrons.